The first kappa shape index (κ1) is 18.5. The van der Waals surface area contributed by atoms with Crippen molar-refractivity contribution >= 4 is 50.7 Å². The number of carbonyl (C=O) groups excluding carboxylic acids is 1. The van der Waals surface area contributed by atoms with Gasteiger partial charge in [-0.3, -0.25) is 4.79 Å². The number of amides is 1. The van der Waals surface area contributed by atoms with Crippen molar-refractivity contribution < 1.29 is 13.2 Å². The van der Waals surface area contributed by atoms with Gasteiger partial charge in [-0.1, -0.05) is 29.3 Å². The van der Waals surface area contributed by atoms with Crippen molar-refractivity contribution in [3.8, 4) is 0 Å². The minimum Gasteiger partial charge on any atom is -0.322 e. The van der Waals surface area contributed by atoms with Crippen molar-refractivity contribution in [1.82, 2.24) is 0 Å². The van der Waals surface area contributed by atoms with E-state index in [2.05, 4.69) is 5.32 Å². The second-order valence-electron chi connectivity index (χ2n) is 5.24. The molecule has 0 spiro atoms. The van der Waals surface area contributed by atoms with Crippen molar-refractivity contribution in [1.29, 1.82) is 0 Å². The van der Waals surface area contributed by atoms with Gasteiger partial charge in [-0.05, 0) is 54.5 Å². The number of halogens is 2. The predicted octanol–water partition coefficient (Wildman–Crippen LogP) is 4.36. The lowest BCUT2D eigenvalue weighted by molar-refractivity contribution is -0.111. The molecular formula is C17H15Cl2NO3S. The summed E-state index contributed by atoms with van der Waals surface area (Å²) >= 11 is 11.9. The van der Waals surface area contributed by atoms with Crippen molar-refractivity contribution in [2.75, 3.05) is 11.6 Å². The first-order valence-corrected chi connectivity index (χ1v) is 9.56. The largest absolute Gasteiger partial charge is 0.322 e. The van der Waals surface area contributed by atoms with E-state index in [4.69, 9.17) is 23.2 Å². The summed E-state index contributed by atoms with van der Waals surface area (Å²) in [6, 6.07) is 9.51. The summed E-state index contributed by atoms with van der Waals surface area (Å²) in [5.74, 6) is -0.403. The first-order chi connectivity index (χ1) is 11.2. The van der Waals surface area contributed by atoms with E-state index in [0.29, 0.717) is 21.3 Å². The summed E-state index contributed by atoms with van der Waals surface area (Å²) in [5.41, 5.74) is 1.80. The van der Waals surface area contributed by atoms with Gasteiger partial charge < -0.3 is 5.32 Å². The van der Waals surface area contributed by atoms with Gasteiger partial charge in [0.15, 0.2) is 9.84 Å². The number of nitrogens with one attached hydrogen (secondary N) is 1. The molecule has 0 saturated carbocycles. The molecule has 0 fully saturated rings. The van der Waals surface area contributed by atoms with Crippen LogP contribution >= 0.6 is 23.2 Å². The number of benzene rings is 2. The van der Waals surface area contributed by atoms with E-state index in [1.54, 1.807) is 37.3 Å². The van der Waals surface area contributed by atoms with Crippen LogP contribution in [0.2, 0.25) is 10.0 Å². The monoisotopic (exact) mass is 383 g/mol. The minimum absolute atomic E-state index is 0.144. The zero-order valence-corrected chi connectivity index (χ0v) is 15.3. The fourth-order valence-corrected chi connectivity index (χ4v) is 2.96. The van der Waals surface area contributed by atoms with Crippen LogP contribution in [0.25, 0.3) is 6.08 Å². The molecule has 7 heteroatoms. The molecule has 2 aromatic rings. The SMILES string of the molecule is Cc1ccc(S(C)(=O)=O)cc1NC(=O)/C=C/c1cc(Cl)ccc1Cl. The molecule has 0 aliphatic carbocycles. The smallest absolute Gasteiger partial charge is 0.248 e. The van der Waals surface area contributed by atoms with Crippen LogP contribution in [-0.2, 0) is 14.6 Å². The van der Waals surface area contributed by atoms with E-state index in [9.17, 15) is 13.2 Å². The Kier molecular flexibility index (Phi) is 5.70. The van der Waals surface area contributed by atoms with E-state index in [1.165, 1.54) is 18.2 Å². The Bertz CT molecular complexity index is 921. The highest BCUT2D eigenvalue weighted by atomic mass is 35.5. The highest BCUT2D eigenvalue weighted by Crippen LogP contribution is 2.23. The molecule has 4 nitrogen and oxygen atoms in total. The molecule has 0 aliphatic heterocycles. The quantitative estimate of drug-likeness (QED) is 0.797. The summed E-state index contributed by atoms with van der Waals surface area (Å²) < 4.78 is 23.2. The molecule has 24 heavy (non-hydrogen) atoms. The third kappa shape index (κ3) is 4.84. The van der Waals surface area contributed by atoms with Gasteiger partial charge >= 0.3 is 0 Å². The highest BCUT2D eigenvalue weighted by molar-refractivity contribution is 7.90. The molecule has 2 rings (SSSR count). The Morgan fingerprint density at radius 2 is 1.83 bits per heavy atom. The number of rotatable bonds is 4. The number of aryl methyl sites for hydroxylation is 1. The lowest BCUT2D eigenvalue weighted by Crippen LogP contribution is -2.10. The standard InChI is InChI=1S/C17H15Cl2NO3S/c1-11-3-6-14(24(2,22)23)10-16(11)20-17(21)8-4-12-9-13(18)5-7-15(12)19/h3-10H,1-2H3,(H,20,21)/b8-4+. The van der Waals surface area contributed by atoms with E-state index in [0.717, 1.165) is 11.8 Å². The fourth-order valence-electron chi connectivity index (χ4n) is 1.95. The van der Waals surface area contributed by atoms with Crippen LogP contribution in [0, 0.1) is 6.92 Å². The Morgan fingerprint density at radius 1 is 1.12 bits per heavy atom. The third-order valence-corrected chi connectivity index (χ3v) is 4.96. The van der Waals surface area contributed by atoms with Gasteiger partial charge in [0.05, 0.1) is 4.90 Å². The molecular weight excluding hydrogens is 369 g/mol. The van der Waals surface area contributed by atoms with E-state index < -0.39 is 15.7 Å². The van der Waals surface area contributed by atoms with Crippen LogP contribution in [0.3, 0.4) is 0 Å². The number of anilines is 1. The molecule has 0 aromatic heterocycles. The lowest BCUT2D eigenvalue weighted by Gasteiger charge is -2.08. The maximum Gasteiger partial charge on any atom is 0.248 e. The Labute approximate surface area is 151 Å². The van der Waals surface area contributed by atoms with Crippen LogP contribution in [0.5, 0.6) is 0 Å². The van der Waals surface area contributed by atoms with Gasteiger partial charge in [-0.2, -0.15) is 0 Å². The second-order valence-corrected chi connectivity index (χ2v) is 8.10. The molecule has 0 atom stereocenters. The van der Waals surface area contributed by atoms with Gasteiger partial charge in [-0.15, -0.1) is 0 Å². The normalized spacial score (nSPS) is 11.7. The van der Waals surface area contributed by atoms with Crippen molar-refractivity contribution in [3.63, 3.8) is 0 Å². The molecule has 0 radical (unpaired) electrons. The molecule has 1 N–H and O–H groups in total. The topological polar surface area (TPSA) is 63.2 Å². The molecule has 0 saturated heterocycles. The summed E-state index contributed by atoms with van der Waals surface area (Å²) in [6.45, 7) is 1.78. The van der Waals surface area contributed by atoms with E-state index in [-0.39, 0.29) is 4.90 Å². The van der Waals surface area contributed by atoms with Crippen molar-refractivity contribution in [2.45, 2.75) is 11.8 Å². The number of sulfone groups is 1. The van der Waals surface area contributed by atoms with Crippen LogP contribution in [0.15, 0.2) is 47.4 Å². The van der Waals surface area contributed by atoms with E-state index >= 15 is 0 Å². The third-order valence-electron chi connectivity index (χ3n) is 3.27. The Hall–Kier alpha value is -1.82. The maximum atomic E-state index is 12.1. The molecule has 0 bridgehead atoms. The minimum atomic E-state index is -3.34. The second kappa shape index (κ2) is 7.38. The molecule has 0 heterocycles. The molecule has 0 unspecified atom stereocenters. The molecule has 1 amide bonds. The van der Waals surface area contributed by atoms with Gasteiger partial charge in [0.1, 0.15) is 0 Å². The predicted molar refractivity (Wildman–Crippen MR) is 98.4 cm³/mol. The average molecular weight is 384 g/mol. The summed E-state index contributed by atoms with van der Waals surface area (Å²) in [7, 11) is -3.34. The van der Waals surface area contributed by atoms with Gasteiger partial charge in [0, 0.05) is 28.1 Å². The summed E-state index contributed by atoms with van der Waals surface area (Å²) in [6.07, 6.45) is 3.97. The van der Waals surface area contributed by atoms with Gasteiger partial charge in [-0.25, -0.2) is 8.42 Å². The zero-order valence-electron chi connectivity index (χ0n) is 13.0. The van der Waals surface area contributed by atoms with E-state index in [1.807, 2.05) is 0 Å². The fraction of sp³-hybridized carbons (Fsp3) is 0.118. The van der Waals surface area contributed by atoms with Crippen LogP contribution < -0.4 is 5.32 Å². The molecule has 2 aromatic carbocycles. The van der Waals surface area contributed by atoms with Crippen LogP contribution in [0.4, 0.5) is 5.69 Å². The van der Waals surface area contributed by atoms with Gasteiger partial charge in [0.2, 0.25) is 5.91 Å². The number of hydrogen-bond donors (Lipinski definition) is 1. The van der Waals surface area contributed by atoms with Crippen LogP contribution in [-0.4, -0.2) is 20.6 Å². The average Bonchev–Trinajstić information content (AvgIpc) is 2.49. The van der Waals surface area contributed by atoms with Gasteiger partial charge in [0.25, 0.3) is 0 Å². The maximum absolute atomic E-state index is 12.1. The lowest BCUT2D eigenvalue weighted by atomic mass is 10.2. The Morgan fingerprint density at radius 3 is 2.50 bits per heavy atom. The zero-order chi connectivity index (χ0) is 17.9. The highest BCUT2D eigenvalue weighted by Gasteiger charge is 2.10. The summed E-state index contributed by atoms with van der Waals surface area (Å²) in [4.78, 5) is 12.2. The number of hydrogen-bond acceptors (Lipinski definition) is 3. The Balaban J connectivity index is 2.21. The summed E-state index contributed by atoms with van der Waals surface area (Å²) in [5, 5.41) is 3.64. The first-order valence-electron chi connectivity index (χ1n) is 6.91. The molecule has 126 valence electrons. The molecule has 0 aliphatic rings. The van der Waals surface area contributed by atoms with Crippen molar-refractivity contribution in [2.24, 2.45) is 0 Å². The number of carbonyl (C=O) groups is 1. The van der Waals surface area contributed by atoms with Crippen molar-refractivity contribution in [3.05, 3.63) is 63.6 Å². The van der Waals surface area contributed by atoms with Crippen LogP contribution in [0.1, 0.15) is 11.1 Å².